The van der Waals surface area contributed by atoms with E-state index in [-0.39, 0.29) is 5.56 Å². The van der Waals surface area contributed by atoms with Gasteiger partial charge in [-0.25, -0.2) is 4.98 Å². The van der Waals surface area contributed by atoms with Gasteiger partial charge in [0.15, 0.2) is 5.82 Å². The minimum Gasteiger partial charge on any atom is -0.293 e. The van der Waals surface area contributed by atoms with Gasteiger partial charge in [-0.2, -0.15) is 4.52 Å². The third-order valence-electron chi connectivity index (χ3n) is 4.82. The fourth-order valence-corrected chi connectivity index (χ4v) is 4.52. The molecule has 3 heterocycles. The Morgan fingerprint density at radius 3 is 2.63 bits per heavy atom. The summed E-state index contributed by atoms with van der Waals surface area (Å²) in [6.45, 7) is 2.94. The minimum atomic E-state index is -0.0939. The first-order valence-electron chi connectivity index (χ1n) is 9.14. The van der Waals surface area contributed by atoms with Gasteiger partial charge in [-0.3, -0.25) is 9.36 Å². The molecule has 134 valence electrons. The molecule has 0 fully saturated rings. The van der Waals surface area contributed by atoms with Gasteiger partial charge in [0.05, 0.1) is 5.52 Å². The van der Waals surface area contributed by atoms with Gasteiger partial charge < -0.3 is 0 Å². The van der Waals surface area contributed by atoms with Gasteiger partial charge >= 0.3 is 0 Å². The van der Waals surface area contributed by atoms with Crippen molar-refractivity contribution in [2.24, 2.45) is 0 Å². The monoisotopic (exact) mass is 374 g/mol. The van der Waals surface area contributed by atoms with Crippen LogP contribution in [0.15, 0.2) is 59.4 Å². The topological polar surface area (TPSA) is 52.2 Å². The van der Waals surface area contributed by atoms with E-state index < -0.39 is 0 Å². The molecular formula is C21H18N4OS. The molecule has 3 aromatic heterocycles. The number of aryl methyl sites for hydroxylation is 1. The van der Waals surface area contributed by atoms with Gasteiger partial charge in [-0.1, -0.05) is 61.9 Å². The zero-order chi connectivity index (χ0) is 18.4. The van der Waals surface area contributed by atoms with E-state index in [0.717, 1.165) is 46.4 Å². The quantitative estimate of drug-likeness (QED) is 0.457. The Morgan fingerprint density at radius 1 is 1.04 bits per heavy atom. The lowest BCUT2D eigenvalue weighted by atomic mass is 10.2. The van der Waals surface area contributed by atoms with Gasteiger partial charge in [-0.15, -0.1) is 16.4 Å². The van der Waals surface area contributed by atoms with Crippen LogP contribution in [0, 0.1) is 0 Å². The van der Waals surface area contributed by atoms with Crippen molar-refractivity contribution in [2.75, 3.05) is 0 Å². The van der Waals surface area contributed by atoms with E-state index >= 15 is 0 Å². The van der Waals surface area contributed by atoms with E-state index in [1.807, 2.05) is 54.6 Å². The molecule has 27 heavy (non-hydrogen) atoms. The summed E-state index contributed by atoms with van der Waals surface area (Å²) in [6, 6.07) is 18.0. The smallest absolute Gasteiger partial charge is 0.293 e. The zero-order valence-electron chi connectivity index (χ0n) is 14.9. The summed E-state index contributed by atoms with van der Waals surface area (Å²) in [7, 11) is 0. The molecule has 0 amide bonds. The van der Waals surface area contributed by atoms with Crippen LogP contribution in [0.5, 0.6) is 0 Å². The molecule has 0 saturated heterocycles. The molecule has 0 saturated carbocycles. The third kappa shape index (κ3) is 2.48. The highest BCUT2D eigenvalue weighted by molar-refractivity contribution is 7.25. The van der Waals surface area contributed by atoms with Crippen molar-refractivity contribution < 1.29 is 0 Å². The molecule has 5 nitrogen and oxygen atoms in total. The summed E-state index contributed by atoms with van der Waals surface area (Å²) in [6.07, 6.45) is 2.07. The van der Waals surface area contributed by atoms with Crippen LogP contribution < -0.4 is 5.56 Å². The number of nitrogens with zero attached hydrogens (tertiary/aromatic N) is 4. The zero-order valence-corrected chi connectivity index (χ0v) is 15.7. The van der Waals surface area contributed by atoms with Gasteiger partial charge in [0, 0.05) is 22.2 Å². The van der Waals surface area contributed by atoms with Crippen molar-refractivity contribution in [3.8, 4) is 11.4 Å². The standard InChI is InChI=1S/C21H18N4OS/c1-2-3-13-24-19(14-9-5-4-6-10-14)23-25-20(26)18-17(22-21(24)25)15-11-7-8-12-16(15)27-18/h4-12H,2-3,13H2,1H3. The predicted molar refractivity (Wildman–Crippen MR) is 110 cm³/mol. The molecule has 0 atom stereocenters. The average molecular weight is 374 g/mol. The molecule has 0 radical (unpaired) electrons. The highest BCUT2D eigenvalue weighted by atomic mass is 32.1. The second kappa shape index (κ2) is 6.32. The number of hydrogen-bond donors (Lipinski definition) is 0. The molecule has 5 aromatic rings. The second-order valence-electron chi connectivity index (χ2n) is 6.60. The normalized spacial score (nSPS) is 11.7. The van der Waals surface area contributed by atoms with Crippen LogP contribution in [0.3, 0.4) is 0 Å². The lowest BCUT2D eigenvalue weighted by Gasteiger charge is -2.06. The predicted octanol–water partition coefficient (Wildman–Crippen LogP) is 4.73. The first-order valence-corrected chi connectivity index (χ1v) is 9.96. The highest BCUT2D eigenvalue weighted by Crippen LogP contribution is 2.31. The number of benzene rings is 2. The first-order chi connectivity index (χ1) is 13.3. The number of fused-ring (bicyclic) bond motifs is 4. The lowest BCUT2D eigenvalue weighted by Crippen LogP contribution is -2.15. The molecule has 5 rings (SSSR count). The summed E-state index contributed by atoms with van der Waals surface area (Å²) in [5.74, 6) is 1.40. The van der Waals surface area contributed by atoms with Crippen molar-refractivity contribution >= 4 is 37.4 Å². The van der Waals surface area contributed by atoms with E-state index in [9.17, 15) is 4.79 Å². The fraction of sp³-hybridized carbons (Fsp3) is 0.190. The molecule has 0 aliphatic carbocycles. The third-order valence-corrected chi connectivity index (χ3v) is 5.96. The first kappa shape index (κ1) is 16.2. The van der Waals surface area contributed by atoms with Crippen molar-refractivity contribution in [1.29, 1.82) is 0 Å². The summed E-state index contributed by atoms with van der Waals surface area (Å²) in [4.78, 5) is 18.1. The molecular weight excluding hydrogens is 356 g/mol. The summed E-state index contributed by atoms with van der Waals surface area (Å²) >= 11 is 1.49. The summed E-state index contributed by atoms with van der Waals surface area (Å²) in [5, 5.41) is 5.70. The Labute approximate surface area is 159 Å². The SMILES string of the molecule is CCCCn1c(-c2ccccc2)nn2c(=O)c3sc4ccccc4c3nc12. The number of rotatable bonds is 4. The van der Waals surface area contributed by atoms with Crippen LogP contribution >= 0.6 is 11.3 Å². The average Bonchev–Trinajstić information content (AvgIpc) is 3.27. The van der Waals surface area contributed by atoms with E-state index in [4.69, 9.17) is 4.98 Å². The van der Waals surface area contributed by atoms with Crippen LogP contribution in [-0.2, 0) is 6.54 Å². The Kier molecular flexibility index (Phi) is 3.79. The maximum atomic E-state index is 13.2. The number of aromatic nitrogens is 4. The van der Waals surface area contributed by atoms with Crippen molar-refractivity contribution in [2.45, 2.75) is 26.3 Å². The van der Waals surface area contributed by atoms with E-state index in [1.54, 1.807) is 0 Å². The molecule has 2 aromatic carbocycles. The van der Waals surface area contributed by atoms with Crippen LogP contribution in [0.2, 0.25) is 0 Å². The highest BCUT2D eigenvalue weighted by Gasteiger charge is 2.19. The van der Waals surface area contributed by atoms with Gasteiger partial charge in [0.1, 0.15) is 4.70 Å². The van der Waals surface area contributed by atoms with Crippen molar-refractivity contribution in [3.63, 3.8) is 0 Å². The fourth-order valence-electron chi connectivity index (χ4n) is 3.45. The van der Waals surface area contributed by atoms with Crippen molar-refractivity contribution in [1.82, 2.24) is 19.2 Å². The summed E-state index contributed by atoms with van der Waals surface area (Å²) < 4.78 is 5.28. The molecule has 0 aliphatic rings. The molecule has 0 bridgehead atoms. The Hall–Kier alpha value is -2.99. The largest absolute Gasteiger partial charge is 0.293 e. The Bertz CT molecular complexity index is 1330. The Morgan fingerprint density at radius 2 is 1.81 bits per heavy atom. The number of thiophene rings is 1. The van der Waals surface area contributed by atoms with Crippen LogP contribution in [0.1, 0.15) is 19.8 Å². The van der Waals surface area contributed by atoms with Gasteiger partial charge in [0.25, 0.3) is 5.56 Å². The molecule has 6 heteroatoms. The summed E-state index contributed by atoms with van der Waals surface area (Å²) in [5.41, 5.74) is 1.67. The minimum absolute atomic E-state index is 0.0939. The molecule has 0 N–H and O–H groups in total. The van der Waals surface area contributed by atoms with Crippen LogP contribution in [-0.4, -0.2) is 19.2 Å². The number of unbranched alkanes of at least 4 members (excludes halogenated alkanes) is 1. The van der Waals surface area contributed by atoms with Crippen LogP contribution in [0.25, 0.3) is 37.5 Å². The maximum Gasteiger partial charge on any atom is 0.293 e. The van der Waals surface area contributed by atoms with Gasteiger partial charge in [-0.05, 0) is 12.5 Å². The van der Waals surface area contributed by atoms with E-state index in [1.165, 1.54) is 15.9 Å². The lowest BCUT2D eigenvalue weighted by molar-refractivity contribution is 0.646. The number of hydrogen-bond acceptors (Lipinski definition) is 4. The van der Waals surface area contributed by atoms with Crippen molar-refractivity contribution in [3.05, 3.63) is 65.0 Å². The van der Waals surface area contributed by atoms with E-state index in [0.29, 0.717) is 10.5 Å². The molecule has 0 unspecified atom stereocenters. The molecule has 0 spiro atoms. The van der Waals surface area contributed by atoms with Gasteiger partial charge in [0.2, 0.25) is 5.78 Å². The maximum absolute atomic E-state index is 13.2. The second-order valence-corrected chi connectivity index (χ2v) is 7.65. The Balaban J connectivity index is 1.88. The van der Waals surface area contributed by atoms with Crippen LogP contribution in [0.4, 0.5) is 0 Å². The van der Waals surface area contributed by atoms with E-state index in [2.05, 4.69) is 16.6 Å². The molecule has 0 aliphatic heterocycles.